The van der Waals surface area contributed by atoms with Crippen molar-refractivity contribution in [2.75, 3.05) is 6.61 Å². The lowest BCUT2D eigenvalue weighted by Crippen LogP contribution is -2.19. The zero-order valence-electron chi connectivity index (χ0n) is 8.80. The van der Waals surface area contributed by atoms with E-state index in [0.717, 1.165) is 0 Å². The van der Waals surface area contributed by atoms with Crippen molar-refractivity contribution in [3.63, 3.8) is 0 Å². The summed E-state index contributed by atoms with van der Waals surface area (Å²) in [5.74, 6) is -1.81. The molecular weight excluding hydrogens is 234 g/mol. The quantitative estimate of drug-likeness (QED) is 0.358. The van der Waals surface area contributed by atoms with E-state index in [0.29, 0.717) is 0 Å². The lowest BCUT2D eigenvalue weighted by Gasteiger charge is -2.01. The number of carbonyl (C=O) groups excluding carboxylic acids is 2. The van der Waals surface area contributed by atoms with Crippen LogP contribution in [0.5, 0.6) is 0 Å². The van der Waals surface area contributed by atoms with Crippen molar-refractivity contribution < 1.29 is 23.1 Å². The lowest BCUT2D eigenvalue weighted by atomic mass is 10.3. The predicted octanol–water partition coefficient (Wildman–Crippen LogP) is 0.351. The van der Waals surface area contributed by atoms with E-state index in [2.05, 4.69) is 4.74 Å². The Morgan fingerprint density at radius 3 is 2.62 bits per heavy atom. The highest BCUT2D eigenvalue weighted by Crippen LogP contribution is 2.11. The van der Waals surface area contributed by atoms with Crippen LogP contribution in [0.3, 0.4) is 0 Å². The zero-order chi connectivity index (χ0) is 12.3. The van der Waals surface area contributed by atoms with E-state index in [1.54, 1.807) is 6.92 Å². The van der Waals surface area contributed by atoms with E-state index in [4.69, 9.17) is 4.55 Å². The van der Waals surface area contributed by atoms with E-state index >= 15 is 0 Å². The molecule has 0 aliphatic rings. The fourth-order valence-electron chi connectivity index (χ4n) is 1.16. The number of hydrogen-bond donors (Lipinski definition) is 1. The number of carbonyl (C=O) groups is 2. The Balaban J connectivity index is 3.00. The topological polar surface area (TPSA) is 85.6 Å². The summed E-state index contributed by atoms with van der Waals surface area (Å²) in [4.78, 5) is 22.7. The SMILES string of the molecule is CCOC(=O)C(=O)c1cc(S(=O)O)cn1C. The van der Waals surface area contributed by atoms with E-state index in [1.165, 1.54) is 23.9 Å². The van der Waals surface area contributed by atoms with Crippen LogP contribution in [-0.4, -0.2) is 31.7 Å². The fraction of sp³-hybridized carbons (Fsp3) is 0.333. The van der Waals surface area contributed by atoms with Gasteiger partial charge in [0.25, 0.3) is 5.78 Å². The van der Waals surface area contributed by atoms with E-state index < -0.39 is 22.8 Å². The van der Waals surface area contributed by atoms with Crippen LogP contribution >= 0.6 is 0 Å². The van der Waals surface area contributed by atoms with Crippen LogP contribution in [0.15, 0.2) is 17.2 Å². The molecule has 1 heterocycles. The Morgan fingerprint density at radius 1 is 1.56 bits per heavy atom. The third kappa shape index (κ3) is 2.56. The normalized spacial score (nSPS) is 12.2. The first-order valence-electron chi connectivity index (χ1n) is 4.46. The Morgan fingerprint density at radius 2 is 2.19 bits per heavy atom. The molecule has 88 valence electrons. The molecule has 0 radical (unpaired) electrons. The molecular formula is C9H11NO5S. The number of esters is 1. The summed E-state index contributed by atoms with van der Waals surface area (Å²) in [7, 11) is 1.50. The second-order valence-corrected chi connectivity index (χ2v) is 3.94. The van der Waals surface area contributed by atoms with Crippen LogP contribution in [-0.2, 0) is 27.7 Å². The first kappa shape index (κ1) is 12.6. The molecule has 0 bridgehead atoms. The van der Waals surface area contributed by atoms with E-state index in [1.807, 2.05) is 0 Å². The molecule has 1 atom stereocenters. The predicted molar refractivity (Wildman–Crippen MR) is 55.4 cm³/mol. The van der Waals surface area contributed by atoms with Gasteiger partial charge in [-0.05, 0) is 13.0 Å². The van der Waals surface area contributed by atoms with Crippen LogP contribution in [0, 0.1) is 0 Å². The van der Waals surface area contributed by atoms with Crippen LogP contribution < -0.4 is 0 Å². The molecule has 0 aliphatic heterocycles. The largest absolute Gasteiger partial charge is 0.460 e. The van der Waals surface area contributed by atoms with Gasteiger partial charge in [0.15, 0.2) is 11.1 Å². The fourth-order valence-corrected chi connectivity index (χ4v) is 1.62. The van der Waals surface area contributed by atoms with Gasteiger partial charge in [0.2, 0.25) is 0 Å². The van der Waals surface area contributed by atoms with Crippen LogP contribution in [0.25, 0.3) is 0 Å². The number of rotatable bonds is 4. The first-order chi connectivity index (χ1) is 7.47. The van der Waals surface area contributed by atoms with Gasteiger partial charge in [0, 0.05) is 13.2 Å². The number of ether oxygens (including phenoxy) is 1. The number of hydrogen-bond acceptors (Lipinski definition) is 4. The molecule has 0 fully saturated rings. The molecule has 6 nitrogen and oxygen atoms in total. The van der Waals surface area contributed by atoms with Gasteiger partial charge < -0.3 is 13.9 Å². The minimum absolute atomic E-state index is 0.0239. The van der Waals surface area contributed by atoms with Crippen molar-refractivity contribution in [2.45, 2.75) is 11.8 Å². The number of ketones is 1. The zero-order valence-corrected chi connectivity index (χ0v) is 9.61. The third-order valence-corrected chi connectivity index (χ3v) is 2.50. The van der Waals surface area contributed by atoms with E-state index in [-0.39, 0.29) is 17.2 Å². The van der Waals surface area contributed by atoms with E-state index in [9.17, 15) is 13.8 Å². The van der Waals surface area contributed by atoms with Crippen LogP contribution in [0.2, 0.25) is 0 Å². The minimum atomic E-state index is -2.18. The number of Topliss-reactive ketones (excluding diaryl/α,β-unsaturated/α-hetero) is 1. The van der Waals surface area contributed by atoms with Gasteiger partial charge in [0.05, 0.1) is 17.2 Å². The number of aryl methyl sites for hydroxylation is 1. The molecule has 0 aliphatic carbocycles. The van der Waals surface area contributed by atoms with Gasteiger partial charge in [-0.2, -0.15) is 0 Å². The molecule has 1 aromatic rings. The summed E-state index contributed by atoms with van der Waals surface area (Å²) in [5, 5.41) is 0. The molecule has 7 heteroatoms. The van der Waals surface area contributed by atoms with Gasteiger partial charge in [-0.25, -0.2) is 9.00 Å². The van der Waals surface area contributed by atoms with Gasteiger partial charge in [-0.15, -0.1) is 0 Å². The maximum Gasteiger partial charge on any atom is 0.381 e. The Kier molecular flexibility index (Phi) is 3.97. The van der Waals surface area contributed by atoms with Gasteiger partial charge >= 0.3 is 5.97 Å². The summed E-state index contributed by atoms with van der Waals surface area (Å²) in [5.41, 5.74) is 0.0239. The maximum atomic E-state index is 11.5. The molecule has 0 saturated carbocycles. The summed E-state index contributed by atoms with van der Waals surface area (Å²) < 4.78 is 25.4. The molecule has 1 rings (SSSR count). The maximum absolute atomic E-state index is 11.5. The number of aromatic nitrogens is 1. The van der Waals surface area contributed by atoms with Crippen LogP contribution in [0.1, 0.15) is 17.4 Å². The van der Waals surface area contributed by atoms with Crippen molar-refractivity contribution in [1.82, 2.24) is 4.57 Å². The third-order valence-electron chi connectivity index (χ3n) is 1.87. The highest BCUT2D eigenvalue weighted by atomic mass is 32.2. The monoisotopic (exact) mass is 245 g/mol. The summed E-state index contributed by atoms with van der Waals surface area (Å²) in [6.45, 7) is 1.69. The van der Waals surface area contributed by atoms with Crippen molar-refractivity contribution in [3.05, 3.63) is 18.0 Å². The smallest absolute Gasteiger partial charge is 0.381 e. The summed E-state index contributed by atoms with van der Waals surface area (Å²) in [6.07, 6.45) is 1.31. The Hall–Kier alpha value is -1.47. The van der Waals surface area contributed by atoms with Gasteiger partial charge in [-0.1, -0.05) is 0 Å². The second-order valence-electron chi connectivity index (χ2n) is 2.97. The van der Waals surface area contributed by atoms with Crippen LogP contribution in [0.4, 0.5) is 0 Å². The van der Waals surface area contributed by atoms with Crippen molar-refractivity contribution >= 4 is 22.8 Å². The molecule has 0 saturated heterocycles. The average molecular weight is 245 g/mol. The molecule has 0 spiro atoms. The highest BCUT2D eigenvalue weighted by Gasteiger charge is 2.22. The van der Waals surface area contributed by atoms with Gasteiger partial charge in [0.1, 0.15) is 0 Å². The number of nitrogens with zero attached hydrogens (tertiary/aromatic N) is 1. The Labute approximate surface area is 94.5 Å². The summed E-state index contributed by atoms with van der Waals surface area (Å²) in [6, 6.07) is 1.19. The van der Waals surface area contributed by atoms with Crippen molar-refractivity contribution in [2.24, 2.45) is 7.05 Å². The van der Waals surface area contributed by atoms with Crippen molar-refractivity contribution in [3.8, 4) is 0 Å². The molecule has 1 N–H and O–H groups in total. The molecule has 1 aromatic heterocycles. The Bertz CT molecular complexity index is 451. The highest BCUT2D eigenvalue weighted by molar-refractivity contribution is 7.79. The summed E-state index contributed by atoms with van der Waals surface area (Å²) >= 11 is -2.18. The molecule has 1 unspecified atom stereocenters. The second kappa shape index (κ2) is 5.04. The standard InChI is InChI=1S/C9H11NO5S/c1-3-15-9(12)8(11)7-4-6(16(13)14)5-10(7)2/h4-5H,3H2,1-2H3,(H,13,14). The molecule has 0 amide bonds. The van der Waals surface area contributed by atoms with Crippen molar-refractivity contribution in [1.29, 1.82) is 0 Å². The molecule has 16 heavy (non-hydrogen) atoms. The average Bonchev–Trinajstić information content (AvgIpc) is 2.60. The lowest BCUT2D eigenvalue weighted by molar-refractivity contribution is -0.137. The first-order valence-corrected chi connectivity index (χ1v) is 5.56. The minimum Gasteiger partial charge on any atom is -0.460 e. The molecule has 0 aromatic carbocycles. The van der Waals surface area contributed by atoms with Gasteiger partial charge in [-0.3, -0.25) is 4.79 Å².